The van der Waals surface area contributed by atoms with E-state index in [0.29, 0.717) is 38.2 Å². The van der Waals surface area contributed by atoms with Crippen LogP contribution in [0.25, 0.3) is 0 Å². The Labute approximate surface area is 177 Å². The van der Waals surface area contributed by atoms with E-state index in [2.05, 4.69) is 34.6 Å². The van der Waals surface area contributed by atoms with Gasteiger partial charge in [0.25, 0.3) is 5.91 Å². The standard InChI is InChI=1S/C24H28N4O2/c1-16-13-17(2)21(18(3)14-16)25-20(29)15-28-11-9-24(10-12-28)26-22(23(30)27-24)19-7-5-4-6-8-19/h4-8,13-14H,9-12,15H2,1-3H3,(H,25,29)(H,27,30). The number of nitrogens with zero attached hydrogens (tertiary/aromatic N) is 2. The molecule has 2 aromatic carbocycles. The van der Waals surface area contributed by atoms with Crippen molar-refractivity contribution in [1.29, 1.82) is 0 Å². The number of carbonyl (C=O) groups is 2. The number of likely N-dealkylation sites (tertiary alicyclic amines) is 1. The van der Waals surface area contributed by atoms with E-state index in [-0.39, 0.29) is 11.8 Å². The first-order valence-electron chi connectivity index (χ1n) is 10.4. The predicted octanol–water partition coefficient (Wildman–Crippen LogP) is 2.96. The van der Waals surface area contributed by atoms with Crippen molar-refractivity contribution in [3.63, 3.8) is 0 Å². The maximum atomic E-state index is 12.6. The van der Waals surface area contributed by atoms with Gasteiger partial charge in [-0.1, -0.05) is 48.0 Å². The molecule has 0 radical (unpaired) electrons. The second-order valence-corrected chi connectivity index (χ2v) is 8.41. The Bertz CT molecular complexity index is 982. The van der Waals surface area contributed by atoms with Crippen LogP contribution in [0.4, 0.5) is 5.69 Å². The van der Waals surface area contributed by atoms with Gasteiger partial charge in [0.15, 0.2) is 0 Å². The fraction of sp³-hybridized carbons (Fsp3) is 0.375. The Kier molecular flexibility index (Phi) is 5.43. The summed E-state index contributed by atoms with van der Waals surface area (Å²) in [5.74, 6) is -0.123. The minimum Gasteiger partial charge on any atom is -0.326 e. The summed E-state index contributed by atoms with van der Waals surface area (Å²) >= 11 is 0. The van der Waals surface area contributed by atoms with Gasteiger partial charge in [0.1, 0.15) is 11.4 Å². The first-order chi connectivity index (χ1) is 14.3. The number of hydrogen-bond acceptors (Lipinski definition) is 4. The molecule has 2 aliphatic heterocycles. The number of carbonyl (C=O) groups excluding carboxylic acids is 2. The van der Waals surface area contributed by atoms with E-state index in [0.717, 1.165) is 22.4 Å². The van der Waals surface area contributed by atoms with Crippen molar-refractivity contribution >= 4 is 23.2 Å². The number of anilines is 1. The highest BCUT2D eigenvalue weighted by Gasteiger charge is 2.42. The summed E-state index contributed by atoms with van der Waals surface area (Å²) in [5, 5.41) is 6.15. The van der Waals surface area contributed by atoms with Crippen LogP contribution in [-0.4, -0.2) is 47.7 Å². The zero-order valence-corrected chi connectivity index (χ0v) is 17.8. The highest BCUT2D eigenvalue weighted by Crippen LogP contribution is 2.29. The van der Waals surface area contributed by atoms with E-state index in [1.165, 1.54) is 5.56 Å². The fourth-order valence-electron chi connectivity index (χ4n) is 4.43. The third-order valence-corrected chi connectivity index (χ3v) is 5.93. The molecule has 156 valence electrons. The molecule has 2 heterocycles. The molecule has 1 spiro atoms. The predicted molar refractivity (Wildman–Crippen MR) is 119 cm³/mol. The van der Waals surface area contributed by atoms with E-state index in [1.54, 1.807) is 0 Å². The second kappa shape index (κ2) is 8.03. The minimum absolute atomic E-state index is 0.00932. The molecule has 0 atom stereocenters. The monoisotopic (exact) mass is 404 g/mol. The summed E-state index contributed by atoms with van der Waals surface area (Å²) in [7, 11) is 0. The minimum atomic E-state index is -0.542. The smallest absolute Gasteiger partial charge is 0.272 e. The van der Waals surface area contributed by atoms with Crippen LogP contribution < -0.4 is 10.6 Å². The third-order valence-electron chi connectivity index (χ3n) is 5.93. The lowest BCUT2D eigenvalue weighted by molar-refractivity contribution is -0.119. The van der Waals surface area contributed by atoms with Gasteiger partial charge in [0.2, 0.25) is 5.91 Å². The second-order valence-electron chi connectivity index (χ2n) is 8.41. The van der Waals surface area contributed by atoms with Crippen molar-refractivity contribution in [2.75, 3.05) is 25.0 Å². The van der Waals surface area contributed by atoms with Gasteiger partial charge in [-0.15, -0.1) is 0 Å². The number of amides is 2. The van der Waals surface area contributed by atoms with E-state index in [4.69, 9.17) is 4.99 Å². The number of hydrogen-bond donors (Lipinski definition) is 2. The molecule has 30 heavy (non-hydrogen) atoms. The normalized spacial score (nSPS) is 18.2. The van der Waals surface area contributed by atoms with E-state index in [1.807, 2.05) is 44.2 Å². The molecule has 0 aliphatic carbocycles. The van der Waals surface area contributed by atoms with Gasteiger partial charge in [-0.05, 0) is 31.9 Å². The van der Waals surface area contributed by atoms with Crippen molar-refractivity contribution in [3.8, 4) is 0 Å². The summed E-state index contributed by atoms with van der Waals surface area (Å²) in [6.45, 7) is 7.86. The van der Waals surface area contributed by atoms with Crippen LogP contribution >= 0.6 is 0 Å². The lowest BCUT2D eigenvalue weighted by atomic mass is 9.98. The molecular weight excluding hydrogens is 376 g/mol. The summed E-state index contributed by atoms with van der Waals surface area (Å²) in [6.07, 6.45) is 1.40. The van der Waals surface area contributed by atoms with E-state index in [9.17, 15) is 9.59 Å². The molecule has 0 bridgehead atoms. The highest BCUT2D eigenvalue weighted by molar-refractivity contribution is 6.46. The molecule has 2 aliphatic rings. The van der Waals surface area contributed by atoms with Crippen molar-refractivity contribution in [2.24, 2.45) is 4.99 Å². The number of aryl methyl sites for hydroxylation is 3. The van der Waals surface area contributed by atoms with Crippen molar-refractivity contribution in [3.05, 3.63) is 64.7 Å². The van der Waals surface area contributed by atoms with Crippen LogP contribution in [0, 0.1) is 20.8 Å². The molecule has 2 aromatic rings. The number of benzene rings is 2. The van der Waals surface area contributed by atoms with Crippen molar-refractivity contribution < 1.29 is 9.59 Å². The van der Waals surface area contributed by atoms with Gasteiger partial charge >= 0.3 is 0 Å². The Morgan fingerprint density at radius 3 is 2.37 bits per heavy atom. The summed E-state index contributed by atoms with van der Waals surface area (Å²) in [4.78, 5) is 32.0. The third kappa shape index (κ3) is 4.14. The zero-order valence-electron chi connectivity index (χ0n) is 17.8. The van der Waals surface area contributed by atoms with Gasteiger partial charge < -0.3 is 10.6 Å². The van der Waals surface area contributed by atoms with Crippen LogP contribution in [0.5, 0.6) is 0 Å². The molecule has 4 rings (SSSR count). The topological polar surface area (TPSA) is 73.8 Å². The van der Waals surface area contributed by atoms with Crippen LogP contribution in [0.3, 0.4) is 0 Å². The van der Waals surface area contributed by atoms with Gasteiger partial charge in [-0.2, -0.15) is 0 Å². The van der Waals surface area contributed by atoms with Gasteiger partial charge in [0, 0.05) is 37.2 Å². The van der Waals surface area contributed by atoms with Crippen molar-refractivity contribution in [2.45, 2.75) is 39.3 Å². The molecule has 1 saturated heterocycles. The number of aliphatic imine (C=N–C) groups is 1. The molecule has 2 amide bonds. The van der Waals surface area contributed by atoms with Crippen LogP contribution in [0.1, 0.15) is 35.1 Å². The fourth-order valence-corrected chi connectivity index (χ4v) is 4.43. The largest absolute Gasteiger partial charge is 0.326 e. The van der Waals surface area contributed by atoms with E-state index >= 15 is 0 Å². The van der Waals surface area contributed by atoms with E-state index < -0.39 is 5.66 Å². The Morgan fingerprint density at radius 1 is 1.10 bits per heavy atom. The average Bonchev–Trinajstić information content (AvgIpc) is 3.03. The molecular formula is C24H28N4O2. The lowest BCUT2D eigenvalue weighted by Crippen LogP contribution is -2.52. The molecule has 6 heteroatoms. The summed E-state index contributed by atoms with van der Waals surface area (Å²) in [6, 6.07) is 13.7. The van der Waals surface area contributed by atoms with Crippen LogP contribution in [-0.2, 0) is 9.59 Å². The maximum absolute atomic E-state index is 12.6. The van der Waals surface area contributed by atoms with Crippen LogP contribution in [0.2, 0.25) is 0 Å². The quantitative estimate of drug-likeness (QED) is 0.823. The maximum Gasteiger partial charge on any atom is 0.272 e. The summed E-state index contributed by atoms with van der Waals surface area (Å²) in [5.41, 5.74) is 5.06. The Morgan fingerprint density at radius 2 is 1.73 bits per heavy atom. The van der Waals surface area contributed by atoms with Gasteiger partial charge in [0.05, 0.1) is 6.54 Å². The van der Waals surface area contributed by atoms with Gasteiger partial charge in [-0.25, -0.2) is 0 Å². The molecule has 0 saturated carbocycles. The average molecular weight is 405 g/mol. The first kappa shape index (κ1) is 20.3. The van der Waals surface area contributed by atoms with Gasteiger partial charge in [-0.3, -0.25) is 19.5 Å². The molecule has 6 nitrogen and oxygen atoms in total. The molecule has 0 aromatic heterocycles. The van der Waals surface area contributed by atoms with Crippen molar-refractivity contribution in [1.82, 2.24) is 10.2 Å². The number of rotatable bonds is 4. The number of nitrogens with one attached hydrogen (secondary N) is 2. The molecule has 2 N–H and O–H groups in total. The highest BCUT2D eigenvalue weighted by atomic mass is 16.2. The van der Waals surface area contributed by atoms with Crippen LogP contribution in [0.15, 0.2) is 47.5 Å². The Balaban J connectivity index is 1.37. The summed E-state index contributed by atoms with van der Waals surface area (Å²) < 4.78 is 0. The first-order valence-corrected chi connectivity index (χ1v) is 10.4. The lowest BCUT2D eigenvalue weighted by Gasteiger charge is -2.36. The Hall–Kier alpha value is -2.99. The SMILES string of the molecule is Cc1cc(C)c(NC(=O)CN2CCC3(CC2)N=C(c2ccccc2)C(=O)N3)c(C)c1. The molecule has 1 fully saturated rings. The zero-order chi connectivity index (χ0) is 21.3. The molecule has 0 unspecified atom stereocenters. The number of piperidine rings is 1.